The third-order valence-corrected chi connectivity index (χ3v) is 5.83. The molecule has 2 unspecified atom stereocenters. The monoisotopic (exact) mass is 346 g/mol. The maximum Gasteiger partial charge on any atom is 0.416 e. The van der Waals surface area contributed by atoms with Crippen LogP contribution < -0.4 is 5.32 Å². The molecule has 0 radical (unpaired) electrons. The van der Waals surface area contributed by atoms with Gasteiger partial charge in [0.05, 0.1) is 16.4 Å². The molecule has 7 heteroatoms. The molecular weight excluding hydrogens is 325 g/mol. The second kappa shape index (κ2) is 6.36. The third kappa shape index (κ3) is 3.66. The van der Waals surface area contributed by atoms with Crippen molar-refractivity contribution in [2.24, 2.45) is 10.9 Å². The van der Waals surface area contributed by atoms with Gasteiger partial charge >= 0.3 is 6.18 Å². The summed E-state index contributed by atoms with van der Waals surface area (Å²) in [5.74, 6) is 0.170. The van der Waals surface area contributed by atoms with Crippen molar-refractivity contribution in [2.75, 3.05) is 0 Å². The Morgan fingerprint density at radius 2 is 1.87 bits per heavy atom. The number of aliphatic hydroxyl groups excluding tert-OH is 1. The Bertz CT molecular complexity index is 603. The van der Waals surface area contributed by atoms with Crippen LogP contribution in [0.25, 0.3) is 0 Å². The molecule has 1 aromatic carbocycles. The number of amidine groups is 1. The molecule has 1 aliphatic rings. The number of hydrogen-bond acceptors (Lipinski definition) is 4. The summed E-state index contributed by atoms with van der Waals surface area (Å²) in [4.78, 5) is 4.16. The second-order valence-corrected chi connectivity index (χ2v) is 7.67. The van der Waals surface area contributed by atoms with Crippen LogP contribution in [-0.4, -0.2) is 21.2 Å². The maximum atomic E-state index is 13.1. The highest BCUT2D eigenvalue weighted by molar-refractivity contribution is 8.15. The maximum absolute atomic E-state index is 13.1. The van der Waals surface area contributed by atoms with Gasteiger partial charge in [-0.05, 0) is 31.4 Å². The number of hydrogen-bond donors (Lipinski definition) is 2. The van der Waals surface area contributed by atoms with E-state index in [9.17, 15) is 18.3 Å². The quantitative estimate of drug-likeness (QED) is 0.862. The first-order valence-electron chi connectivity index (χ1n) is 7.43. The van der Waals surface area contributed by atoms with Gasteiger partial charge in [0.25, 0.3) is 0 Å². The normalized spacial score (nSPS) is 26.3. The van der Waals surface area contributed by atoms with Gasteiger partial charge in [0.2, 0.25) is 0 Å². The van der Waals surface area contributed by atoms with E-state index in [4.69, 9.17) is 0 Å². The van der Waals surface area contributed by atoms with Crippen LogP contribution in [0.1, 0.15) is 44.9 Å². The molecule has 0 saturated heterocycles. The van der Waals surface area contributed by atoms with Gasteiger partial charge in [-0.3, -0.25) is 0 Å². The van der Waals surface area contributed by atoms with Gasteiger partial charge in [0.1, 0.15) is 0 Å². The summed E-state index contributed by atoms with van der Waals surface area (Å²) < 4.78 is 38.8. The van der Waals surface area contributed by atoms with E-state index >= 15 is 0 Å². The number of aliphatic hydroxyl groups is 1. The molecule has 0 aliphatic carbocycles. The first-order chi connectivity index (χ1) is 10.6. The van der Waals surface area contributed by atoms with Crippen molar-refractivity contribution in [1.29, 1.82) is 0 Å². The molecule has 0 fully saturated rings. The highest BCUT2D eigenvalue weighted by Gasteiger charge is 2.44. The molecule has 0 saturated carbocycles. The van der Waals surface area contributed by atoms with E-state index in [1.807, 2.05) is 20.8 Å². The lowest BCUT2D eigenvalue weighted by Gasteiger charge is -2.30. The Balaban J connectivity index is 2.19. The molecule has 1 heterocycles. The number of nitrogens with one attached hydrogen (secondary N) is 1. The van der Waals surface area contributed by atoms with Gasteiger partial charge in [-0.15, -0.1) is 0 Å². The van der Waals surface area contributed by atoms with Crippen LogP contribution in [0.4, 0.5) is 13.2 Å². The Labute approximate surface area is 138 Å². The minimum absolute atomic E-state index is 0.163. The smallest absolute Gasteiger partial charge is 0.370 e. The molecule has 3 atom stereocenters. The van der Waals surface area contributed by atoms with Gasteiger partial charge in [0.15, 0.2) is 11.4 Å². The van der Waals surface area contributed by atoms with Crippen LogP contribution in [-0.2, 0) is 6.18 Å². The van der Waals surface area contributed by atoms with Crippen LogP contribution in [0, 0.1) is 5.92 Å². The topological polar surface area (TPSA) is 44.6 Å². The predicted octanol–water partition coefficient (Wildman–Crippen LogP) is 4.19. The van der Waals surface area contributed by atoms with Crippen LogP contribution >= 0.6 is 11.8 Å². The largest absolute Gasteiger partial charge is 0.416 e. The Hall–Kier alpha value is -1.21. The van der Waals surface area contributed by atoms with E-state index in [2.05, 4.69) is 10.3 Å². The summed E-state index contributed by atoms with van der Waals surface area (Å²) in [5.41, 5.74) is -0.494. The zero-order valence-corrected chi connectivity index (χ0v) is 14.3. The van der Waals surface area contributed by atoms with Crippen molar-refractivity contribution in [3.05, 3.63) is 35.4 Å². The number of alkyl halides is 3. The van der Waals surface area contributed by atoms with Crippen LogP contribution in [0.5, 0.6) is 0 Å². The van der Waals surface area contributed by atoms with Crippen molar-refractivity contribution in [3.8, 4) is 0 Å². The fraction of sp³-hybridized carbons (Fsp3) is 0.562. The van der Waals surface area contributed by atoms with Crippen molar-refractivity contribution >= 4 is 16.9 Å². The lowest BCUT2D eigenvalue weighted by molar-refractivity contribution is -0.138. The average molecular weight is 346 g/mol. The van der Waals surface area contributed by atoms with E-state index in [1.54, 1.807) is 13.0 Å². The van der Waals surface area contributed by atoms with Crippen molar-refractivity contribution < 1.29 is 18.3 Å². The van der Waals surface area contributed by atoms with E-state index in [0.717, 1.165) is 6.07 Å². The minimum Gasteiger partial charge on any atom is -0.370 e. The predicted molar refractivity (Wildman–Crippen MR) is 87.3 cm³/mol. The number of nitrogens with zero attached hydrogens (tertiary/aromatic N) is 1. The number of aliphatic imine (C=N–C) groups is 1. The first-order valence-corrected chi connectivity index (χ1v) is 8.25. The molecule has 0 amide bonds. The lowest BCUT2D eigenvalue weighted by atomic mass is 9.95. The van der Waals surface area contributed by atoms with Gasteiger partial charge in [-0.2, -0.15) is 13.2 Å². The molecule has 1 aromatic rings. The fourth-order valence-electron chi connectivity index (χ4n) is 2.41. The van der Waals surface area contributed by atoms with Crippen molar-refractivity contribution in [2.45, 2.75) is 50.9 Å². The van der Waals surface area contributed by atoms with Gasteiger partial charge in [-0.1, -0.05) is 43.8 Å². The third-order valence-electron chi connectivity index (χ3n) is 4.29. The van der Waals surface area contributed by atoms with Gasteiger partial charge in [-0.25, -0.2) is 4.99 Å². The van der Waals surface area contributed by atoms with Crippen LogP contribution in [0.2, 0.25) is 0 Å². The molecular formula is C16H21F3N2OS. The number of halogens is 3. The molecule has 1 aliphatic heterocycles. The summed E-state index contributed by atoms with van der Waals surface area (Å²) in [6.07, 6.45) is -5.27. The molecule has 23 heavy (non-hydrogen) atoms. The Morgan fingerprint density at radius 1 is 1.26 bits per heavy atom. The summed E-state index contributed by atoms with van der Waals surface area (Å²) >= 11 is 1.37. The van der Waals surface area contributed by atoms with E-state index < -0.39 is 28.8 Å². The zero-order valence-electron chi connectivity index (χ0n) is 13.5. The van der Waals surface area contributed by atoms with Crippen LogP contribution in [0.15, 0.2) is 29.3 Å². The summed E-state index contributed by atoms with van der Waals surface area (Å²) in [6, 6.07) is 4.92. The highest BCUT2D eigenvalue weighted by Crippen LogP contribution is 2.42. The van der Waals surface area contributed by atoms with Crippen molar-refractivity contribution in [1.82, 2.24) is 5.32 Å². The van der Waals surface area contributed by atoms with E-state index in [1.165, 1.54) is 23.9 Å². The fourth-order valence-corrected chi connectivity index (χ4v) is 3.60. The van der Waals surface area contributed by atoms with E-state index in [0.29, 0.717) is 5.17 Å². The molecule has 0 bridgehead atoms. The average Bonchev–Trinajstić information content (AvgIpc) is 2.74. The highest BCUT2D eigenvalue weighted by atomic mass is 32.2. The SMILES string of the molecule is CC(C)C1(C)SC(N[C@H](C)c2ccccc2C(F)(F)F)=NC1O. The lowest BCUT2D eigenvalue weighted by Crippen LogP contribution is -2.37. The van der Waals surface area contributed by atoms with Crippen LogP contribution in [0.3, 0.4) is 0 Å². The molecule has 2 N–H and O–H groups in total. The summed E-state index contributed by atoms with van der Waals surface area (Å²) in [6.45, 7) is 7.53. The van der Waals surface area contributed by atoms with Gasteiger partial charge < -0.3 is 10.4 Å². The van der Waals surface area contributed by atoms with Gasteiger partial charge in [0, 0.05) is 0 Å². The zero-order chi connectivity index (χ0) is 17.4. The number of benzene rings is 1. The van der Waals surface area contributed by atoms with Crippen molar-refractivity contribution in [3.63, 3.8) is 0 Å². The minimum atomic E-state index is -4.40. The Kier molecular flexibility index (Phi) is 5.01. The first kappa shape index (κ1) is 18.1. The molecule has 128 valence electrons. The number of thioether (sulfide) groups is 1. The summed E-state index contributed by atoms with van der Waals surface area (Å²) in [5, 5.41) is 13.6. The van der Waals surface area contributed by atoms with E-state index in [-0.39, 0.29) is 11.5 Å². The standard InChI is InChI=1S/C16H21F3N2OS/c1-9(2)15(4)13(22)21-14(23-15)20-10(3)11-7-5-6-8-12(11)16(17,18)19/h5-10,13,22H,1-4H3,(H,20,21)/t10-,13?,15?/m1/s1. The summed E-state index contributed by atoms with van der Waals surface area (Å²) in [7, 11) is 0. The molecule has 3 nitrogen and oxygen atoms in total. The second-order valence-electron chi connectivity index (χ2n) is 6.20. The molecule has 0 aromatic heterocycles. The molecule has 0 spiro atoms. The number of rotatable bonds is 3. The molecule has 2 rings (SSSR count). The Morgan fingerprint density at radius 3 is 2.39 bits per heavy atom.